The number of hydrogen-bond donors (Lipinski definition) is 2. The molecule has 24 heavy (non-hydrogen) atoms. The molecule has 0 atom stereocenters. The highest BCUT2D eigenvalue weighted by Crippen LogP contribution is 2.17. The molecular formula is C18H16ClFN4. The average Bonchev–Trinajstić information content (AvgIpc) is 2.59. The molecule has 0 amide bonds. The van der Waals surface area contributed by atoms with Crippen LogP contribution in [-0.2, 0) is 6.42 Å². The highest BCUT2D eigenvalue weighted by molar-refractivity contribution is 6.30. The summed E-state index contributed by atoms with van der Waals surface area (Å²) in [4.78, 5) is 8.61. The normalized spacial score (nSPS) is 10.4. The Hall–Kier alpha value is -2.66. The average molecular weight is 343 g/mol. The lowest BCUT2D eigenvalue weighted by Crippen LogP contribution is -2.07. The van der Waals surface area contributed by atoms with E-state index in [1.807, 2.05) is 12.1 Å². The molecule has 3 aromatic rings. The zero-order chi connectivity index (χ0) is 16.8. The molecule has 6 heteroatoms. The Kier molecular flexibility index (Phi) is 5.23. The van der Waals surface area contributed by atoms with Gasteiger partial charge in [0.05, 0.1) is 0 Å². The SMILES string of the molecule is Fc1ccc(CCNc2ccnc(Nc3ccc(Cl)cc3)n2)cc1. The zero-order valence-corrected chi connectivity index (χ0v) is 13.6. The Morgan fingerprint density at radius 3 is 2.46 bits per heavy atom. The van der Waals surface area contributed by atoms with Crippen LogP contribution in [0.25, 0.3) is 0 Å². The van der Waals surface area contributed by atoms with Gasteiger partial charge in [-0.05, 0) is 54.4 Å². The molecule has 0 aliphatic carbocycles. The molecule has 0 saturated carbocycles. The van der Waals surface area contributed by atoms with E-state index in [1.54, 1.807) is 36.5 Å². The number of benzene rings is 2. The first-order chi connectivity index (χ1) is 11.7. The first-order valence-electron chi connectivity index (χ1n) is 7.53. The Bertz CT molecular complexity index is 791. The summed E-state index contributed by atoms with van der Waals surface area (Å²) in [6.45, 7) is 0.697. The Morgan fingerprint density at radius 1 is 0.958 bits per heavy atom. The van der Waals surface area contributed by atoms with Crippen LogP contribution in [0.5, 0.6) is 0 Å². The first-order valence-corrected chi connectivity index (χ1v) is 7.91. The molecule has 0 saturated heterocycles. The van der Waals surface area contributed by atoms with Crippen molar-refractivity contribution < 1.29 is 4.39 Å². The predicted octanol–water partition coefficient (Wildman–Crippen LogP) is 4.67. The second kappa shape index (κ2) is 7.75. The number of nitrogens with zero attached hydrogens (tertiary/aromatic N) is 2. The van der Waals surface area contributed by atoms with Crippen molar-refractivity contribution in [3.8, 4) is 0 Å². The molecule has 0 spiro atoms. The van der Waals surface area contributed by atoms with Crippen molar-refractivity contribution in [2.24, 2.45) is 0 Å². The minimum absolute atomic E-state index is 0.222. The molecule has 3 rings (SSSR count). The van der Waals surface area contributed by atoms with Gasteiger partial charge in [0, 0.05) is 23.5 Å². The van der Waals surface area contributed by atoms with Gasteiger partial charge in [0.2, 0.25) is 5.95 Å². The first kappa shape index (κ1) is 16.2. The van der Waals surface area contributed by atoms with Crippen LogP contribution in [0.3, 0.4) is 0 Å². The van der Waals surface area contributed by atoms with Gasteiger partial charge < -0.3 is 10.6 Å². The Balaban J connectivity index is 1.56. The minimum Gasteiger partial charge on any atom is -0.370 e. The molecule has 0 fully saturated rings. The standard InChI is InChI=1S/C18H16ClFN4/c19-14-3-7-16(8-4-14)23-18-22-12-10-17(24-18)21-11-9-13-1-5-15(20)6-2-13/h1-8,10,12H,9,11H2,(H2,21,22,23,24). The smallest absolute Gasteiger partial charge is 0.229 e. The maximum Gasteiger partial charge on any atom is 0.229 e. The van der Waals surface area contributed by atoms with Gasteiger partial charge in [-0.1, -0.05) is 23.7 Å². The molecule has 2 aromatic carbocycles. The van der Waals surface area contributed by atoms with Crippen LogP contribution in [-0.4, -0.2) is 16.5 Å². The van der Waals surface area contributed by atoms with Gasteiger partial charge >= 0.3 is 0 Å². The van der Waals surface area contributed by atoms with Crippen molar-refractivity contribution in [3.05, 3.63) is 77.2 Å². The zero-order valence-electron chi connectivity index (χ0n) is 12.8. The molecule has 2 N–H and O–H groups in total. The fourth-order valence-corrected chi connectivity index (χ4v) is 2.29. The minimum atomic E-state index is -0.222. The number of hydrogen-bond acceptors (Lipinski definition) is 4. The summed E-state index contributed by atoms with van der Waals surface area (Å²) in [6.07, 6.45) is 2.47. The fraction of sp³-hybridized carbons (Fsp3) is 0.111. The Morgan fingerprint density at radius 2 is 1.71 bits per heavy atom. The summed E-state index contributed by atoms with van der Waals surface area (Å²) in [6, 6.07) is 15.6. The lowest BCUT2D eigenvalue weighted by atomic mass is 10.1. The number of rotatable bonds is 6. The molecular weight excluding hydrogens is 327 g/mol. The van der Waals surface area contributed by atoms with E-state index in [0.29, 0.717) is 17.5 Å². The van der Waals surface area contributed by atoms with Crippen LogP contribution in [0.15, 0.2) is 60.8 Å². The third-order valence-corrected chi connectivity index (χ3v) is 3.64. The van der Waals surface area contributed by atoms with E-state index in [4.69, 9.17) is 11.6 Å². The summed E-state index contributed by atoms with van der Waals surface area (Å²) in [7, 11) is 0. The fourth-order valence-electron chi connectivity index (χ4n) is 2.17. The van der Waals surface area contributed by atoms with Gasteiger partial charge in [-0.15, -0.1) is 0 Å². The van der Waals surface area contributed by atoms with Crippen LogP contribution in [0.2, 0.25) is 5.02 Å². The van der Waals surface area contributed by atoms with Gasteiger partial charge in [0.15, 0.2) is 0 Å². The topological polar surface area (TPSA) is 49.8 Å². The van der Waals surface area contributed by atoms with E-state index in [1.165, 1.54) is 12.1 Å². The van der Waals surface area contributed by atoms with E-state index in [-0.39, 0.29) is 5.82 Å². The van der Waals surface area contributed by atoms with Crippen molar-refractivity contribution in [1.29, 1.82) is 0 Å². The third-order valence-electron chi connectivity index (χ3n) is 3.39. The second-order valence-electron chi connectivity index (χ2n) is 5.20. The number of halogens is 2. The molecule has 0 radical (unpaired) electrons. The molecule has 4 nitrogen and oxygen atoms in total. The molecule has 0 bridgehead atoms. The molecule has 0 aliphatic heterocycles. The van der Waals surface area contributed by atoms with Gasteiger partial charge in [-0.25, -0.2) is 9.37 Å². The largest absolute Gasteiger partial charge is 0.370 e. The molecule has 1 heterocycles. The van der Waals surface area contributed by atoms with Crippen molar-refractivity contribution >= 4 is 29.1 Å². The van der Waals surface area contributed by atoms with Crippen molar-refractivity contribution in [2.75, 3.05) is 17.2 Å². The van der Waals surface area contributed by atoms with Crippen LogP contribution in [0.4, 0.5) is 21.8 Å². The maximum absolute atomic E-state index is 12.9. The van der Waals surface area contributed by atoms with Crippen LogP contribution in [0.1, 0.15) is 5.56 Å². The second-order valence-corrected chi connectivity index (χ2v) is 5.64. The maximum atomic E-state index is 12.9. The van der Waals surface area contributed by atoms with Crippen LogP contribution < -0.4 is 10.6 Å². The summed E-state index contributed by atoms with van der Waals surface area (Å²) >= 11 is 5.87. The number of nitrogens with one attached hydrogen (secondary N) is 2. The molecule has 122 valence electrons. The third kappa shape index (κ3) is 4.67. The van der Waals surface area contributed by atoms with Gasteiger partial charge in [0.25, 0.3) is 0 Å². The highest BCUT2D eigenvalue weighted by Gasteiger charge is 2.01. The monoisotopic (exact) mass is 342 g/mol. The summed E-state index contributed by atoms with van der Waals surface area (Å²) in [5.74, 6) is 1.01. The van der Waals surface area contributed by atoms with E-state index in [2.05, 4.69) is 20.6 Å². The van der Waals surface area contributed by atoms with E-state index >= 15 is 0 Å². The van der Waals surface area contributed by atoms with Gasteiger partial charge in [-0.3, -0.25) is 0 Å². The quantitative estimate of drug-likeness (QED) is 0.683. The van der Waals surface area contributed by atoms with Crippen LogP contribution in [0, 0.1) is 5.82 Å². The Labute approximate surface area is 144 Å². The van der Waals surface area contributed by atoms with Crippen molar-refractivity contribution in [3.63, 3.8) is 0 Å². The van der Waals surface area contributed by atoms with Crippen molar-refractivity contribution in [1.82, 2.24) is 9.97 Å². The van der Waals surface area contributed by atoms with Gasteiger partial charge in [0.1, 0.15) is 11.6 Å². The lowest BCUT2D eigenvalue weighted by Gasteiger charge is -2.08. The van der Waals surface area contributed by atoms with Crippen molar-refractivity contribution in [2.45, 2.75) is 6.42 Å². The number of anilines is 3. The highest BCUT2D eigenvalue weighted by atomic mass is 35.5. The predicted molar refractivity (Wildman–Crippen MR) is 95.4 cm³/mol. The molecule has 1 aromatic heterocycles. The van der Waals surface area contributed by atoms with Crippen LogP contribution >= 0.6 is 11.6 Å². The lowest BCUT2D eigenvalue weighted by molar-refractivity contribution is 0.627. The van der Waals surface area contributed by atoms with E-state index in [0.717, 1.165) is 23.5 Å². The number of aromatic nitrogens is 2. The molecule has 0 unspecified atom stereocenters. The van der Waals surface area contributed by atoms with E-state index in [9.17, 15) is 4.39 Å². The summed E-state index contributed by atoms with van der Waals surface area (Å²) in [5, 5.41) is 7.04. The summed E-state index contributed by atoms with van der Waals surface area (Å²) in [5.41, 5.74) is 1.93. The molecule has 0 aliphatic rings. The van der Waals surface area contributed by atoms with Gasteiger partial charge in [-0.2, -0.15) is 4.98 Å². The summed E-state index contributed by atoms with van der Waals surface area (Å²) < 4.78 is 12.9. The van der Waals surface area contributed by atoms with E-state index < -0.39 is 0 Å².